The Bertz CT molecular complexity index is 708. The first kappa shape index (κ1) is 18.3. The van der Waals surface area contributed by atoms with Crippen molar-refractivity contribution in [2.45, 2.75) is 26.4 Å². The van der Waals surface area contributed by atoms with E-state index in [0.29, 0.717) is 21.4 Å². The molecule has 2 aromatic carbocycles. The van der Waals surface area contributed by atoms with Crippen molar-refractivity contribution in [3.05, 3.63) is 63.6 Å². The minimum absolute atomic E-state index is 0.0307. The van der Waals surface area contributed by atoms with Gasteiger partial charge in [-0.15, -0.1) is 0 Å². The van der Waals surface area contributed by atoms with E-state index in [4.69, 9.17) is 27.9 Å². The lowest BCUT2D eigenvalue weighted by Gasteiger charge is -2.13. The molecule has 0 aromatic heterocycles. The third kappa shape index (κ3) is 5.55. The van der Waals surface area contributed by atoms with Crippen molar-refractivity contribution in [2.75, 3.05) is 0 Å². The Morgan fingerprint density at radius 3 is 2.42 bits per heavy atom. The highest BCUT2D eigenvalue weighted by molar-refractivity contribution is 6.37. The second-order valence-corrected chi connectivity index (χ2v) is 6.25. The first-order valence-corrected chi connectivity index (χ1v) is 8.23. The lowest BCUT2D eigenvalue weighted by atomic mass is 10.1. The summed E-state index contributed by atoms with van der Waals surface area (Å²) in [5.74, 6) is 0.244. The fraction of sp³-hybridized carbons (Fsp3) is 0.222. The maximum atomic E-state index is 11.8. The van der Waals surface area contributed by atoms with Crippen LogP contribution in [0.5, 0.6) is 5.75 Å². The second kappa shape index (κ2) is 8.71. The van der Waals surface area contributed by atoms with Crippen LogP contribution in [-0.4, -0.2) is 18.2 Å². The molecule has 0 bridgehead atoms. The first-order valence-electron chi connectivity index (χ1n) is 7.47. The number of hydrogen-bond donors (Lipinski definition) is 1. The van der Waals surface area contributed by atoms with Gasteiger partial charge in [0, 0.05) is 0 Å². The van der Waals surface area contributed by atoms with Crippen molar-refractivity contribution in [3.8, 4) is 5.75 Å². The molecule has 6 heteroatoms. The third-order valence-electron chi connectivity index (χ3n) is 2.98. The molecule has 4 nitrogen and oxygen atoms in total. The Kier molecular flexibility index (Phi) is 6.64. The molecule has 0 saturated carbocycles. The minimum atomic E-state index is -0.200. The number of rotatable bonds is 6. The number of carbonyl (C=O) groups is 1. The summed E-state index contributed by atoms with van der Waals surface area (Å²) in [7, 11) is 0. The van der Waals surface area contributed by atoms with E-state index in [0.717, 1.165) is 5.56 Å². The van der Waals surface area contributed by atoms with E-state index >= 15 is 0 Å². The number of ether oxygens (including phenoxy) is 1. The van der Waals surface area contributed by atoms with Gasteiger partial charge in [0.25, 0.3) is 0 Å². The van der Waals surface area contributed by atoms with Gasteiger partial charge in [-0.3, -0.25) is 4.79 Å². The van der Waals surface area contributed by atoms with E-state index < -0.39 is 0 Å². The van der Waals surface area contributed by atoms with Crippen molar-refractivity contribution in [1.29, 1.82) is 0 Å². The molecule has 24 heavy (non-hydrogen) atoms. The van der Waals surface area contributed by atoms with Crippen molar-refractivity contribution in [2.24, 2.45) is 5.10 Å². The molecule has 2 rings (SSSR count). The van der Waals surface area contributed by atoms with Crippen LogP contribution in [0.2, 0.25) is 10.0 Å². The summed E-state index contributed by atoms with van der Waals surface area (Å²) in [4.78, 5) is 11.8. The van der Waals surface area contributed by atoms with Crippen molar-refractivity contribution in [1.82, 2.24) is 5.43 Å². The van der Waals surface area contributed by atoms with Crippen LogP contribution < -0.4 is 10.2 Å². The molecule has 0 aliphatic heterocycles. The number of nitrogens with zero attached hydrogens (tertiary/aromatic N) is 1. The lowest BCUT2D eigenvalue weighted by molar-refractivity contribution is -0.120. The standard InChI is InChI=1S/C18H18Cl2N2O2/c1-12(2)24-18-15(19)8-14(9-16(18)20)11-21-22-17(23)10-13-6-4-3-5-7-13/h3-9,11-12H,10H2,1-2H3,(H,22,23)/b21-11-. The highest BCUT2D eigenvalue weighted by Crippen LogP contribution is 2.34. The predicted molar refractivity (Wildman–Crippen MR) is 98.1 cm³/mol. The van der Waals surface area contributed by atoms with Crippen LogP contribution in [0.1, 0.15) is 25.0 Å². The van der Waals surface area contributed by atoms with Gasteiger partial charge in [0.1, 0.15) is 0 Å². The predicted octanol–water partition coefficient (Wildman–Crippen LogP) is 4.47. The number of hydrazone groups is 1. The van der Waals surface area contributed by atoms with Gasteiger partial charge in [-0.2, -0.15) is 5.10 Å². The zero-order chi connectivity index (χ0) is 17.5. The normalized spacial score (nSPS) is 11.0. The molecule has 0 heterocycles. The average molecular weight is 365 g/mol. The quantitative estimate of drug-likeness (QED) is 0.606. The maximum absolute atomic E-state index is 11.8. The number of benzene rings is 2. The van der Waals surface area contributed by atoms with Crippen LogP contribution in [0.15, 0.2) is 47.6 Å². The Morgan fingerprint density at radius 2 is 1.83 bits per heavy atom. The average Bonchev–Trinajstić information content (AvgIpc) is 2.52. The zero-order valence-corrected chi connectivity index (χ0v) is 14.9. The molecule has 0 saturated heterocycles. The van der Waals surface area contributed by atoms with Crippen molar-refractivity contribution < 1.29 is 9.53 Å². The van der Waals surface area contributed by atoms with Crippen LogP contribution in [0, 0.1) is 0 Å². The summed E-state index contributed by atoms with van der Waals surface area (Å²) in [6, 6.07) is 12.8. The Hall–Kier alpha value is -2.04. The molecule has 0 radical (unpaired) electrons. The zero-order valence-electron chi connectivity index (χ0n) is 13.4. The molecule has 0 fully saturated rings. The summed E-state index contributed by atoms with van der Waals surface area (Å²) in [5.41, 5.74) is 4.07. The fourth-order valence-corrected chi connectivity index (χ4v) is 2.59. The topological polar surface area (TPSA) is 50.7 Å². The van der Waals surface area contributed by atoms with E-state index in [1.165, 1.54) is 6.21 Å². The van der Waals surface area contributed by atoms with Gasteiger partial charge in [0.2, 0.25) is 5.91 Å². The van der Waals surface area contributed by atoms with Crippen LogP contribution in [0.25, 0.3) is 0 Å². The summed E-state index contributed by atoms with van der Waals surface area (Å²) in [6.45, 7) is 3.79. The van der Waals surface area contributed by atoms with Crippen LogP contribution in [0.4, 0.5) is 0 Å². The Morgan fingerprint density at radius 1 is 1.21 bits per heavy atom. The van der Waals surface area contributed by atoms with Gasteiger partial charge < -0.3 is 4.74 Å². The molecule has 0 aliphatic carbocycles. The molecular formula is C18H18Cl2N2O2. The summed E-state index contributed by atoms with van der Waals surface area (Å²) in [6.07, 6.45) is 1.72. The number of amides is 1. The lowest BCUT2D eigenvalue weighted by Crippen LogP contribution is -2.19. The van der Waals surface area contributed by atoms with Gasteiger partial charge >= 0.3 is 0 Å². The number of halogens is 2. The minimum Gasteiger partial charge on any atom is -0.488 e. The summed E-state index contributed by atoms with van der Waals surface area (Å²) >= 11 is 12.3. The summed E-state index contributed by atoms with van der Waals surface area (Å²) < 4.78 is 5.56. The van der Waals surface area contributed by atoms with Gasteiger partial charge in [0.15, 0.2) is 5.75 Å². The monoisotopic (exact) mass is 364 g/mol. The third-order valence-corrected chi connectivity index (χ3v) is 3.55. The molecular weight excluding hydrogens is 347 g/mol. The first-order chi connectivity index (χ1) is 11.5. The van der Waals surface area contributed by atoms with Gasteiger partial charge in [-0.25, -0.2) is 5.43 Å². The molecule has 0 spiro atoms. The van der Waals surface area contributed by atoms with E-state index in [1.54, 1.807) is 12.1 Å². The van der Waals surface area contributed by atoms with E-state index in [-0.39, 0.29) is 18.4 Å². The largest absolute Gasteiger partial charge is 0.488 e. The molecule has 1 amide bonds. The molecule has 2 aromatic rings. The summed E-state index contributed by atoms with van der Waals surface area (Å²) in [5, 5.41) is 4.72. The van der Waals surface area contributed by atoms with E-state index in [1.807, 2.05) is 44.2 Å². The molecule has 0 aliphatic rings. The van der Waals surface area contributed by atoms with E-state index in [9.17, 15) is 4.79 Å². The van der Waals surface area contributed by atoms with E-state index in [2.05, 4.69) is 10.5 Å². The SMILES string of the molecule is CC(C)Oc1c(Cl)cc(/C=N\NC(=O)Cc2ccccc2)cc1Cl. The van der Waals surface area contributed by atoms with Gasteiger partial charge in [-0.1, -0.05) is 53.5 Å². The van der Waals surface area contributed by atoms with Crippen LogP contribution in [-0.2, 0) is 11.2 Å². The second-order valence-electron chi connectivity index (χ2n) is 5.44. The number of carbonyl (C=O) groups excluding carboxylic acids is 1. The Balaban J connectivity index is 1.98. The highest BCUT2D eigenvalue weighted by atomic mass is 35.5. The highest BCUT2D eigenvalue weighted by Gasteiger charge is 2.10. The molecule has 0 unspecified atom stereocenters. The van der Waals surface area contributed by atoms with Crippen LogP contribution in [0.3, 0.4) is 0 Å². The smallest absolute Gasteiger partial charge is 0.244 e. The van der Waals surface area contributed by atoms with Gasteiger partial charge in [0.05, 0.1) is 28.8 Å². The Labute approximate surface area is 151 Å². The number of nitrogens with one attached hydrogen (secondary N) is 1. The van der Waals surface area contributed by atoms with Crippen molar-refractivity contribution in [3.63, 3.8) is 0 Å². The molecule has 1 N–H and O–H groups in total. The van der Waals surface area contributed by atoms with Gasteiger partial charge in [-0.05, 0) is 37.1 Å². The van der Waals surface area contributed by atoms with Crippen molar-refractivity contribution >= 4 is 35.3 Å². The molecule has 0 atom stereocenters. The molecule has 126 valence electrons. The number of hydrogen-bond acceptors (Lipinski definition) is 3. The fourth-order valence-electron chi connectivity index (χ4n) is 2.00. The maximum Gasteiger partial charge on any atom is 0.244 e. The van der Waals surface area contributed by atoms with Crippen LogP contribution >= 0.6 is 23.2 Å².